The van der Waals surface area contributed by atoms with Crippen LogP contribution in [-0.2, 0) is 11.3 Å². The summed E-state index contributed by atoms with van der Waals surface area (Å²) in [5.41, 5.74) is 2.72. The summed E-state index contributed by atoms with van der Waals surface area (Å²) in [6.45, 7) is 2.07. The lowest BCUT2D eigenvalue weighted by atomic mass is 9.89. The minimum absolute atomic E-state index is 0.103. The standard InChI is InChI=1S/C30H27F2N5O2S/c1-36-12-9-18(10-13-36)19-5-7-23(24(32)16-19)25-8-6-21-17-37(29(39)26(21)34-25)27(20-3-2-4-22(31)15-20)28(38)35-30-33-11-14-40-30/h2-8,11,14-16,18,27H,9-10,12-13,17H2,1H3,(H,33,35,38). The molecule has 6 rings (SSSR count). The summed E-state index contributed by atoms with van der Waals surface area (Å²) in [5, 5.41) is 4.81. The van der Waals surface area contributed by atoms with Gasteiger partial charge in [0.25, 0.3) is 11.8 Å². The maximum atomic E-state index is 15.3. The van der Waals surface area contributed by atoms with Gasteiger partial charge in [-0.05, 0) is 80.4 Å². The number of amides is 2. The molecule has 4 heterocycles. The number of anilines is 1. The number of nitrogens with zero attached hydrogens (tertiary/aromatic N) is 4. The summed E-state index contributed by atoms with van der Waals surface area (Å²) in [6.07, 6.45) is 3.53. The highest BCUT2D eigenvalue weighted by molar-refractivity contribution is 7.13. The van der Waals surface area contributed by atoms with Crippen molar-refractivity contribution in [2.75, 3.05) is 25.5 Å². The summed E-state index contributed by atoms with van der Waals surface area (Å²) >= 11 is 1.24. The third kappa shape index (κ3) is 5.12. The van der Waals surface area contributed by atoms with Crippen LogP contribution in [-0.4, -0.2) is 51.7 Å². The molecule has 1 unspecified atom stereocenters. The molecule has 1 atom stereocenters. The number of pyridine rings is 1. The molecule has 1 fully saturated rings. The van der Waals surface area contributed by atoms with Gasteiger partial charge in [0, 0.05) is 29.2 Å². The molecular formula is C30H27F2N5O2S. The zero-order valence-corrected chi connectivity index (χ0v) is 22.6. The first-order valence-electron chi connectivity index (χ1n) is 13.1. The first-order valence-corrected chi connectivity index (χ1v) is 14.0. The zero-order valence-electron chi connectivity index (χ0n) is 21.8. The molecule has 2 aromatic carbocycles. The number of carbonyl (C=O) groups excluding carboxylic acids is 2. The normalized spacial score (nSPS) is 16.7. The van der Waals surface area contributed by atoms with E-state index in [1.165, 1.54) is 34.4 Å². The Hall–Kier alpha value is -4.02. The predicted molar refractivity (Wildman–Crippen MR) is 149 cm³/mol. The molecule has 0 bridgehead atoms. The van der Waals surface area contributed by atoms with Gasteiger partial charge in [-0.1, -0.05) is 24.3 Å². The number of halogens is 2. The van der Waals surface area contributed by atoms with E-state index in [0.717, 1.165) is 31.5 Å². The second-order valence-corrected chi connectivity index (χ2v) is 11.1. The highest BCUT2D eigenvalue weighted by atomic mass is 32.1. The van der Waals surface area contributed by atoms with Crippen LogP contribution in [0.15, 0.2) is 66.2 Å². The van der Waals surface area contributed by atoms with E-state index in [1.54, 1.807) is 41.9 Å². The number of nitrogens with one attached hydrogen (secondary N) is 1. The molecule has 2 aliphatic heterocycles. The summed E-state index contributed by atoms with van der Waals surface area (Å²) in [6, 6.07) is 13.2. The van der Waals surface area contributed by atoms with Crippen molar-refractivity contribution >= 4 is 28.3 Å². The van der Waals surface area contributed by atoms with Crippen LogP contribution in [0.4, 0.5) is 13.9 Å². The molecule has 0 saturated carbocycles. The topological polar surface area (TPSA) is 78.4 Å². The number of aromatic nitrogens is 2. The first-order chi connectivity index (χ1) is 19.4. The Kier molecular flexibility index (Phi) is 7.12. The maximum absolute atomic E-state index is 15.3. The number of rotatable bonds is 6. The molecule has 204 valence electrons. The number of carbonyl (C=O) groups is 2. The SMILES string of the molecule is CN1CCC(c2ccc(-c3ccc4c(n3)C(=O)N(C(C(=O)Nc3nccs3)c3cccc(F)c3)C4)c(F)c2)CC1. The van der Waals surface area contributed by atoms with E-state index in [-0.39, 0.29) is 18.1 Å². The summed E-state index contributed by atoms with van der Waals surface area (Å²) < 4.78 is 29.5. The van der Waals surface area contributed by atoms with Gasteiger partial charge in [-0.25, -0.2) is 18.7 Å². The number of benzene rings is 2. The Morgan fingerprint density at radius 2 is 1.93 bits per heavy atom. The third-order valence-electron chi connectivity index (χ3n) is 7.63. The van der Waals surface area contributed by atoms with E-state index in [1.807, 2.05) is 6.07 Å². The quantitative estimate of drug-likeness (QED) is 0.331. The largest absolute Gasteiger partial charge is 0.317 e. The average molecular weight is 560 g/mol. The van der Waals surface area contributed by atoms with Gasteiger partial charge in [0.2, 0.25) is 0 Å². The fraction of sp³-hybridized carbons (Fsp3) is 0.267. The molecular weight excluding hydrogens is 532 g/mol. The number of hydrogen-bond acceptors (Lipinski definition) is 6. The molecule has 7 nitrogen and oxygen atoms in total. The monoisotopic (exact) mass is 559 g/mol. The molecule has 10 heteroatoms. The number of hydrogen-bond donors (Lipinski definition) is 1. The van der Waals surface area contributed by atoms with Crippen LogP contribution in [0.5, 0.6) is 0 Å². The van der Waals surface area contributed by atoms with E-state index in [4.69, 9.17) is 0 Å². The first kappa shape index (κ1) is 26.2. The number of piperidine rings is 1. The number of thiazole rings is 1. The minimum Gasteiger partial charge on any atom is -0.317 e. The van der Waals surface area contributed by atoms with Crippen LogP contribution in [0.1, 0.15) is 52.0 Å². The van der Waals surface area contributed by atoms with E-state index in [9.17, 15) is 14.0 Å². The van der Waals surface area contributed by atoms with Gasteiger partial charge < -0.3 is 9.80 Å². The lowest BCUT2D eigenvalue weighted by molar-refractivity contribution is -0.120. The van der Waals surface area contributed by atoms with Gasteiger partial charge in [-0.2, -0.15) is 0 Å². The second kappa shape index (κ2) is 10.9. The van der Waals surface area contributed by atoms with Crippen LogP contribution >= 0.6 is 11.3 Å². The molecule has 2 aliphatic rings. The van der Waals surface area contributed by atoms with Gasteiger partial charge in [-0.3, -0.25) is 14.9 Å². The van der Waals surface area contributed by atoms with E-state index in [0.29, 0.717) is 33.4 Å². The van der Waals surface area contributed by atoms with Crippen molar-refractivity contribution in [3.63, 3.8) is 0 Å². The Morgan fingerprint density at radius 3 is 2.65 bits per heavy atom. The van der Waals surface area contributed by atoms with Crippen molar-refractivity contribution in [2.45, 2.75) is 31.3 Å². The van der Waals surface area contributed by atoms with Crippen LogP contribution in [0.3, 0.4) is 0 Å². The Morgan fingerprint density at radius 1 is 1.10 bits per heavy atom. The Labute approximate surface area is 234 Å². The molecule has 0 radical (unpaired) electrons. The molecule has 4 aromatic rings. The predicted octanol–water partition coefficient (Wildman–Crippen LogP) is 5.63. The molecule has 0 aliphatic carbocycles. The summed E-state index contributed by atoms with van der Waals surface area (Å²) in [5.74, 6) is -1.58. The minimum atomic E-state index is -1.12. The summed E-state index contributed by atoms with van der Waals surface area (Å²) in [4.78, 5) is 39.3. The Balaban J connectivity index is 1.28. The molecule has 2 aromatic heterocycles. The molecule has 1 N–H and O–H groups in total. The highest BCUT2D eigenvalue weighted by Crippen LogP contribution is 2.35. The van der Waals surface area contributed by atoms with E-state index in [2.05, 4.69) is 27.2 Å². The van der Waals surface area contributed by atoms with Crippen molar-refractivity contribution in [1.82, 2.24) is 19.8 Å². The second-order valence-electron chi connectivity index (χ2n) is 10.2. The van der Waals surface area contributed by atoms with E-state index < -0.39 is 23.7 Å². The van der Waals surface area contributed by atoms with Crippen molar-refractivity contribution in [3.05, 3.63) is 100 Å². The molecule has 40 heavy (non-hydrogen) atoms. The maximum Gasteiger partial charge on any atom is 0.274 e. The van der Waals surface area contributed by atoms with Crippen LogP contribution < -0.4 is 5.32 Å². The van der Waals surface area contributed by atoms with Crippen molar-refractivity contribution < 1.29 is 18.4 Å². The van der Waals surface area contributed by atoms with Crippen molar-refractivity contribution in [1.29, 1.82) is 0 Å². The van der Waals surface area contributed by atoms with E-state index >= 15 is 4.39 Å². The Bertz CT molecular complexity index is 1570. The van der Waals surface area contributed by atoms with Crippen LogP contribution in [0, 0.1) is 11.6 Å². The van der Waals surface area contributed by atoms with Gasteiger partial charge in [-0.15, -0.1) is 11.3 Å². The summed E-state index contributed by atoms with van der Waals surface area (Å²) in [7, 11) is 2.09. The zero-order chi connectivity index (χ0) is 27.8. The molecule has 1 saturated heterocycles. The lowest BCUT2D eigenvalue weighted by Gasteiger charge is -2.29. The van der Waals surface area contributed by atoms with Crippen LogP contribution in [0.2, 0.25) is 0 Å². The van der Waals surface area contributed by atoms with Crippen LogP contribution in [0.25, 0.3) is 11.3 Å². The van der Waals surface area contributed by atoms with Crippen molar-refractivity contribution in [2.24, 2.45) is 0 Å². The lowest BCUT2D eigenvalue weighted by Crippen LogP contribution is -2.37. The number of likely N-dealkylation sites (tertiary alicyclic amines) is 1. The highest BCUT2D eigenvalue weighted by Gasteiger charge is 2.39. The van der Waals surface area contributed by atoms with Gasteiger partial charge in [0.1, 0.15) is 23.4 Å². The average Bonchev–Trinajstić information content (AvgIpc) is 3.57. The third-order valence-corrected chi connectivity index (χ3v) is 8.32. The van der Waals surface area contributed by atoms with Gasteiger partial charge >= 0.3 is 0 Å². The van der Waals surface area contributed by atoms with Crippen molar-refractivity contribution in [3.8, 4) is 11.3 Å². The number of fused-ring (bicyclic) bond motifs is 1. The molecule has 2 amide bonds. The smallest absolute Gasteiger partial charge is 0.274 e. The fourth-order valence-corrected chi connectivity index (χ4v) is 6.03. The molecule has 0 spiro atoms. The fourth-order valence-electron chi connectivity index (χ4n) is 5.49. The van der Waals surface area contributed by atoms with Gasteiger partial charge in [0.15, 0.2) is 5.13 Å². The van der Waals surface area contributed by atoms with Gasteiger partial charge in [0.05, 0.1) is 5.69 Å².